The molecule has 0 fully saturated rings. The number of benzene rings is 2. The summed E-state index contributed by atoms with van der Waals surface area (Å²) >= 11 is 0. The van der Waals surface area contributed by atoms with Crippen molar-refractivity contribution in [1.29, 1.82) is 0 Å². The number of nitrogens with two attached hydrogens (primary N) is 2. The summed E-state index contributed by atoms with van der Waals surface area (Å²) < 4.78 is 1.82. The molecule has 0 unspecified atom stereocenters. The molecule has 0 radical (unpaired) electrons. The lowest BCUT2D eigenvalue weighted by molar-refractivity contribution is -0.120. The van der Waals surface area contributed by atoms with E-state index < -0.39 is 17.9 Å². The van der Waals surface area contributed by atoms with E-state index in [9.17, 15) is 9.59 Å². The van der Waals surface area contributed by atoms with Crippen molar-refractivity contribution >= 4 is 40.3 Å². The zero-order valence-corrected chi connectivity index (χ0v) is 20.5. The van der Waals surface area contributed by atoms with Gasteiger partial charge in [-0.3, -0.25) is 9.59 Å². The molecular weight excluding hydrogens is 482 g/mol. The Kier molecular flexibility index (Phi) is 6.64. The maximum Gasteiger partial charge on any atom is 0.248 e. The maximum absolute atomic E-state index is 13.1. The number of fused-ring (bicyclic) bond motifs is 1. The van der Waals surface area contributed by atoms with E-state index in [1.807, 2.05) is 45.9 Å². The van der Waals surface area contributed by atoms with Crippen LogP contribution >= 0.6 is 0 Å². The van der Waals surface area contributed by atoms with Crippen molar-refractivity contribution in [3.63, 3.8) is 0 Å². The second-order valence-corrected chi connectivity index (χ2v) is 8.47. The molecule has 0 saturated carbocycles. The highest BCUT2D eigenvalue weighted by Gasteiger charge is 2.28. The largest absolute Gasteiger partial charge is 0.368 e. The Morgan fingerprint density at radius 3 is 2.39 bits per heavy atom. The molecule has 5 aromatic rings. The highest BCUT2D eigenvalue weighted by Crippen LogP contribution is 2.33. The van der Waals surface area contributed by atoms with Crippen LogP contribution in [0.5, 0.6) is 0 Å². The second-order valence-electron chi connectivity index (χ2n) is 8.47. The molecular formula is C27H25N9O2. The number of primary amides is 2. The van der Waals surface area contributed by atoms with Crippen molar-refractivity contribution in [2.75, 3.05) is 23.8 Å². The van der Waals surface area contributed by atoms with E-state index in [0.717, 1.165) is 5.69 Å². The molecule has 5 rings (SSSR count). The normalized spacial score (nSPS) is 11.7. The highest BCUT2D eigenvalue weighted by molar-refractivity contribution is 5.99. The van der Waals surface area contributed by atoms with Crippen molar-refractivity contribution in [2.45, 2.75) is 6.04 Å². The molecule has 5 N–H and O–H groups in total. The fraction of sp³-hybridized carbons (Fsp3) is 0.111. The predicted octanol–water partition coefficient (Wildman–Crippen LogP) is 2.89. The molecule has 1 atom stereocenters. The molecule has 0 aliphatic heterocycles. The monoisotopic (exact) mass is 507 g/mol. The summed E-state index contributed by atoms with van der Waals surface area (Å²) in [6.45, 7) is 0.127. The third-order valence-corrected chi connectivity index (χ3v) is 6.12. The van der Waals surface area contributed by atoms with Crippen LogP contribution in [0.1, 0.15) is 16.4 Å². The van der Waals surface area contributed by atoms with E-state index in [0.29, 0.717) is 39.8 Å². The van der Waals surface area contributed by atoms with Gasteiger partial charge in [0, 0.05) is 47.8 Å². The number of aromatic nitrogens is 5. The molecule has 2 aromatic carbocycles. The lowest BCUT2D eigenvalue weighted by Crippen LogP contribution is -2.37. The quantitative estimate of drug-likeness (QED) is 0.275. The van der Waals surface area contributed by atoms with E-state index in [1.54, 1.807) is 56.0 Å². The van der Waals surface area contributed by atoms with Crippen molar-refractivity contribution in [1.82, 2.24) is 24.5 Å². The predicted molar refractivity (Wildman–Crippen MR) is 145 cm³/mol. The van der Waals surface area contributed by atoms with Crippen LogP contribution < -0.4 is 21.7 Å². The smallest absolute Gasteiger partial charge is 0.248 e. The van der Waals surface area contributed by atoms with Gasteiger partial charge in [-0.25, -0.2) is 19.9 Å². The van der Waals surface area contributed by atoms with Gasteiger partial charge in [0.25, 0.3) is 0 Å². The van der Waals surface area contributed by atoms with E-state index in [4.69, 9.17) is 11.5 Å². The average Bonchev–Trinajstić information content (AvgIpc) is 3.33. The summed E-state index contributed by atoms with van der Waals surface area (Å²) in [6, 6.07) is 19.0. The fourth-order valence-corrected chi connectivity index (χ4v) is 4.36. The molecule has 0 aliphatic carbocycles. The van der Waals surface area contributed by atoms with E-state index in [1.165, 1.54) is 0 Å². The van der Waals surface area contributed by atoms with Gasteiger partial charge in [0.15, 0.2) is 0 Å². The Hall–Kier alpha value is -5.32. The Morgan fingerprint density at radius 1 is 0.947 bits per heavy atom. The molecule has 0 spiro atoms. The molecule has 38 heavy (non-hydrogen) atoms. The van der Waals surface area contributed by atoms with Crippen molar-refractivity contribution in [3.8, 4) is 11.4 Å². The Labute approximate surface area is 218 Å². The van der Waals surface area contributed by atoms with E-state index in [-0.39, 0.29) is 6.54 Å². The maximum atomic E-state index is 13.1. The summed E-state index contributed by atoms with van der Waals surface area (Å²) in [4.78, 5) is 44.5. The molecule has 190 valence electrons. The molecule has 2 amide bonds. The van der Waals surface area contributed by atoms with Crippen LogP contribution in [0.2, 0.25) is 0 Å². The average molecular weight is 508 g/mol. The van der Waals surface area contributed by atoms with Gasteiger partial charge in [-0.2, -0.15) is 0 Å². The van der Waals surface area contributed by atoms with Crippen molar-refractivity contribution < 1.29 is 9.59 Å². The van der Waals surface area contributed by atoms with Gasteiger partial charge in [0.2, 0.25) is 23.7 Å². The van der Waals surface area contributed by atoms with Gasteiger partial charge < -0.3 is 26.3 Å². The van der Waals surface area contributed by atoms with Gasteiger partial charge in [-0.15, -0.1) is 0 Å². The highest BCUT2D eigenvalue weighted by atomic mass is 16.1. The minimum absolute atomic E-state index is 0.127. The molecule has 3 heterocycles. The van der Waals surface area contributed by atoms with Gasteiger partial charge in [-0.1, -0.05) is 18.2 Å². The number of hydrogen-bond donors (Lipinski definition) is 3. The zero-order chi connectivity index (χ0) is 26.6. The first-order valence-electron chi connectivity index (χ1n) is 11.8. The Morgan fingerprint density at radius 2 is 1.71 bits per heavy atom. The fourth-order valence-electron chi connectivity index (χ4n) is 4.36. The number of carbonyl (C=O) groups is 2. The molecule has 3 aromatic heterocycles. The number of carbonyl (C=O) groups excluding carboxylic acids is 2. The minimum atomic E-state index is -0.876. The number of anilines is 3. The van der Waals surface area contributed by atoms with Crippen molar-refractivity contribution in [3.05, 3.63) is 90.9 Å². The third-order valence-electron chi connectivity index (χ3n) is 6.12. The molecule has 0 saturated heterocycles. The first-order valence-corrected chi connectivity index (χ1v) is 11.8. The van der Waals surface area contributed by atoms with E-state index in [2.05, 4.69) is 25.3 Å². The summed E-state index contributed by atoms with van der Waals surface area (Å²) in [5, 5.41) is 3.64. The lowest BCUT2D eigenvalue weighted by Gasteiger charge is -2.28. The van der Waals surface area contributed by atoms with Gasteiger partial charge >= 0.3 is 0 Å². The first-order chi connectivity index (χ1) is 18.5. The summed E-state index contributed by atoms with van der Waals surface area (Å²) in [6.07, 6.45) is 4.90. The standard InChI is InChI=1S/C27H25N9O2/c1-30-26-31-13-10-20(34-26)22-15-18-14-17(24(28)37)8-9-21(18)36(22)23(25(29)38)16-35(19-6-3-2-4-7-19)27-32-11-5-12-33-27/h2-15,23H,16H2,1H3,(H2,28,37)(H2,29,38)(H,30,31,34)/t23-/m0/s1. The van der Waals surface area contributed by atoms with Gasteiger partial charge in [0.1, 0.15) is 6.04 Å². The van der Waals surface area contributed by atoms with Crippen LogP contribution in [0.15, 0.2) is 85.3 Å². The second kappa shape index (κ2) is 10.3. The van der Waals surface area contributed by atoms with Crippen LogP contribution in [0, 0.1) is 0 Å². The third kappa shape index (κ3) is 4.72. The Bertz CT molecular complexity index is 1560. The first kappa shape index (κ1) is 24.4. The number of nitrogens with one attached hydrogen (secondary N) is 1. The van der Waals surface area contributed by atoms with E-state index >= 15 is 0 Å². The zero-order valence-electron chi connectivity index (χ0n) is 20.5. The number of amides is 2. The summed E-state index contributed by atoms with van der Waals surface area (Å²) in [5.74, 6) is -0.291. The van der Waals surface area contributed by atoms with Crippen molar-refractivity contribution in [2.24, 2.45) is 11.5 Å². The number of hydrogen-bond acceptors (Lipinski definition) is 8. The molecule has 11 heteroatoms. The molecule has 0 aliphatic rings. The minimum Gasteiger partial charge on any atom is -0.368 e. The summed E-state index contributed by atoms with van der Waals surface area (Å²) in [7, 11) is 1.72. The van der Waals surface area contributed by atoms with Crippen LogP contribution in [0.3, 0.4) is 0 Å². The summed E-state index contributed by atoms with van der Waals surface area (Å²) in [5.41, 5.74) is 14.6. The number of para-hydroxylation sites is 1. The topological polar surface area (TPSA) is 158 Å². The number of nitrogens with zero attached hydrogens (tertiary/aromatic N) is 6. The van der Waals surface area contributed by atoms with Crippen LogP contribution in [0.25, 0.3) is 22.3 Å². The molecule has 0 bridgehead atoms. The lowest BCUT2D eigenvalue weighted by atomic mass is 10.1. The Balaban J connectivity index is 1.71. The molecule has 11 nitrogen and oxygen atoms in total. The number of rotatable bonds is 9. The van der Waals surface area contributed by atoms with Crippen LogP contribution in [0.4, 0.5) is 17.6 Å². The van der Waals surface area contributed by atoms with Crippen LogP contribution in [-0.4, -0.2) is 49.9 Å². The van der Waals surface area contributed by atoms with Crippen LogP contribution in [-0.2, 0) is 4.79 Å². The van der Waals surface area contributed by atoms with Gasteiger partial charge in [-0.05, 0) is 48.5 Å². The van der Waals surface area contributed by atoms with Gasteiger partial charge in [0.05, 0.1) is 17.9 Å². The SMILES string of the molecule is CNc1nccc(-c2cc3cc(C(N)=O)ccc3n2[C@@H](CN(c2ccccc2)c2ncccn2)C(N)=O)n1.